The van der Waals surface area contributed by atoms with Crippen LogP contribution in [0.15, 0.2) is 18.2 Å². The highest BCUT2D eigenvalue weighted by atomic mass is 16.4. The molecule has 2 N–H and O–H groups in total. The third-order valence-electron chi connectivity index (χ3n) is 3.57. The van der Waals surface area contributed by atoms with Crippen LogP contribution in [-0.2, 0) is 11.3 Å². The summed E-state index contributed by atoms with van der Waals surface area (Å²) in [6.45, 7) is -0.0974. The second-order valence-corrected chi connectivity index (χ2v) is 5.44. The number of aliphatic hydroxyl groups excluding tert-OH is 1. The molecule has 0 bridgehead atoms. The fourth-order valence-corrected chi connectivity index (χ4v) is 2.64. The molecule has 0 fully saturated rings. The van der Waals surface area contributed by atoms with Gasteiger partial charge in [0.1, 0.15) is 6.04 Å². The number of amides is 1. The van der Waals surface area contributed by atoms with Gasteiger partial charge in [-0.15, -0.1) is 0 Å². The van der Waals surface area contributed by atoms with E-state index < -0.39 is 30.6 Å². The van der Waals surface area contributed by atoms with E-state index >= 15 is 0 Å². The molecule has 1 heterocycles. The minimum absolute atomic E-state index is 0.314. The average Bonchev–Trinajstić information content (AvgIpc) is 2.71. The second kappa shape index (κ2) is 6.13. The Morgan fingerprint density at radius 1 is 1.50 bits per heavy atom. The summed E-state index contributed by atoms with van der Waals surface area (Å²) in [5, 5.41) is 27.8. The Bertz CT molecular complexity index is 651. The second-order valence-electron chi connectivity index (χ2n) is 5.44. The number of aliphatic carboxylic acids is 1. The molecule has 2 rings (SSSR count). The molecule has 7 nitrogen and oxygen atoms in total. The number of nitrogens with zero attached hydrogens (tertiary/aromatic N) is 3. The van der Waals surface area contributed by atoms with Crippen LogP contribution in [0, 0.1) is 11.3 Å². The van der Waals surface area contributed by atoms with Crippen molar-refractivity contribution < 1.29 is 19.8 Å². The average molecular weight is 303 g/mol. The topological polar surface area (TPSA) is 105 Å². The van der Waals surface area contributed by atoms with E-state index in [1.54, 1.807) is 18.2 Å². The van der Waals surface area contributed by atoms with Crippen molar-refractivity contribution in [1.82, 2.24) is 9.80 Å². The number of hydrogen-bond acceptors (Lipinski definition) is 5. The fraction of sp³-hybridized carbons (Fsp3) is 0.400. The molecule has 7 heteroatoms. The first-order valence-corrected chi connectivity index (χ1v) is 6.74. The molecule has 0 saturated heterocycles. The van der Waals surface area contributed by atoms with Crippen molar-refractivity contribution in [2.24, 2.45) is 0 Å². The maximum Gasteiger partial charge on any atom is 0.328 e. The van der Waals surface area contributed by atoms with Crippen LogP contribution < -0.4 is 0 Å². The van der Waals surface area contributed by atoms with Gasteiger partial charge in [-0.3, -0.25) is 4.79 Å². The SMILES string of the molecule is CN(C)Cc1ccc2c(c1)C(C#N)N(C(CO)C(=O)O)C2=O. The lowest BCUT2D eigenvalue weighted by atomic mass is 10.0. The number of carbonyl (C=O) groups excluding carboxylic acids is 1. The number of carboxylic acids is 1. The van der Waals surface area contributed by atoms with Gasteiger partial charge in [0.2, 0.25) is 0 Å². The number of carboxylic acid groups (broad SMARTS) is 1. The molecule has 1 amide bonds. The van der Waals surface area contributed by atoms with E-state index in [-0.39, 0.29) is 0 Å². The van der Waals surface area contributed by atoms with Crippen molar-refractivity contribution in [3.05, 3.63) is 34.9 Å². The van der Waals surface area contributed by atoms with Crippen molar-refractivity contribution >= 4 is 11.9 Å². The maximum absolute atomic E-state index is 12.4. The van der Waals surface area contributed by atoms with E-state index in [2.05, 4.69) is 0 Å². The van der Waals surface area contributed by atoms with Gasteiger partial charge in [0.05, 0.1) is 12.7 Å². The van der Waals surface area contributed by atoms with Crippen molar-refractivity contribution in [2.45, 2.75) is 18.6 Å². The van der Waals surface area contributed by atoms with Crippen LogP contribution >= 0.6 is 0 Å². The smallest absolute Gasteiger partial charge is 0.328 e. The Labute approximate surface area is 128 Å². The summed E-state index contributed by atoms with van der Waals surface area (Å²) in [6, 6.07) is 4.67. The van der Waals surface area contributed by atoms with Crippen molar-refractivity contribution in [3.63, 3.8) is 0 Å². The van der Waals surface area contributed by atoms with Crippen LogP contribution in [0.1, 0.15) is 27.5 Å². The Morgan fingerprint density at radius 2 is 2.18 bits per heavy atom. The van der Waals surface area contributed by atoms with Crippen LogP contribution in [0.5, 0.6) is 0 Å². The van der Waals surface area contributed by atoms with Crippen LogP contribution in [0.2, 0.25) is 0 Å². The Hall–Kier alpha value is -2.43. The molecule has 0 radical (unpaired) electrons. The Morgan fingerprint density at radius 3 is 2.68 bits per heavy atom. The largest absolute Gasteiger partial charge is 0.480 e. The highest BCUT2D eigenvalue weighted by molar-refractivity contribution is 6.01. The van der Waals surface area contributed by atoms with Gasteiger partial charge >= 0.3 is 5.97 Å². The molecule has 1 aromatic rings. The highest BCUT2D eigenvalue weighted by Crippen LogP contribution is 2.35. The van der Waals surface area contributed by atoms with E-state index in [0.29, 0.717) is 17.7 Å². The molecule has 1 aliphatic rings. The summed E-state index contributed by atoms with van der Waals surface area (Å²) < 4.78 is 0. The monoisotopic (exact) mass is 303 g/mol. The number of hydrogen-bond donors (Lipinski definition) is 2. The predicted molar refractivity (Wildman–Crippen MR) is 76.9 cm³/mol. The summed E-state index contributed by atoms with van der Waals surface area (Å²) in [5.74, 6) is -1.88. The molecule has 1 aliphatic heterocycles. The van der Waals surface area contributed by atoms with Crippen LogP contribution in [-0.4, -0.2) is 58.6 Å². The standard InChI is InChI=1S/C15H17N3O4/c1-17(2)7-9-3-4-10-11(5-9)12(6-16)18(14(10)20)13(8-19)15(21)22/h3-5,12-13,19H,7-8H2,1-2H3,(H,21,22). The van der Waals surface area contributed by atoms with E-state index in [4.69, 9.17) is 5.11 Å². The van der Waals surface area contributed by atoms with E-state index in [1.165, 1.54) is 0 Å². The van der Waals surface area contributed by atoms with Crippen molar-refractivity contribution in [3.8, 4) is 6.07 Å². The molecular weight excluding hydrogens is 286 g/mol. The van der Waals surface area contributed by atoms with Gasteiger partial charge in [0.15, 0.2) is 6.04 Å². The van der Waals surface area contributed by atoms with Crippen molar-refractivity contribution in [2.75, 3.05) is 20.7 Å². The Kier molecular flexibility index (Phi) is 4.45. The number of fused-ring (bicyclic) bond motifs is 1. The van der Waals surface area contributed by atoms with Crippen LogP contribution in [0.4, 0.5) is 0 Å². The first-order valence-electron chi connectivity index (χ1n) is 6.74. The molecule has 116 valence electrons. The van der Waals surface area contributed by atoms with Gasteiger partial charge in [-0.1, -0.05) is 12.1 Å². The zero-order valence-electron chi connectivity index (χ0n) is 12.4. The third-order valence-corrected chi connectivity index (χ3v) is 3.57. The minimum atomic E-state index is -1.43. The first-order chi connectivity index (χ1) is 10.4. The van der Waals surface area contributed by atoms with Gasteiger partial charge in [-0.2, -0.15) is 5.26 Å². The van der Waals surface area contributed by atoms with Crippen LogP contribution in [0.3, 0.4) is 0 Å². The van der Waals surface area contributed by atoms with E-state index in [1.807, 2.05) is 25.1 Å². The fourth-order valence-electron chi connectivity index (χ4n) is 2.64. The molecule has 2 unspecified atom stereocenters. The molecule has 1 aromatic carbocycles. The quantitative estimate of drug-likeness (QED) is 0.806. The summed E-state index contributed by atoms with van der Waals surface area (Å²) in [5.41, 5.74) is 1.73. The molecule has 0 aliphatic carbocycles. The lowest BCUT2D eigenvalue weighted by Crippen LogP contribution is -2.45. The minimum Gasteiger partial charge on any atom is -0.480 e. The molecule has 0 spiro atoms. The van der Waals surface area contributed by atoms with E-state index in [0.717, 1.165) is 10.5 Å². The number of carbonyl (C=O) groups is 2. The summed E-state index contributed by atoms with van der Waals surface area (Å²) in [4.78, 5) is 26.5. The maximum atomic E-state index is 12.4. The molecule has 0 saturated carbocycles. The zero-order valence-corrected chi connectivity index (χ0v) is 12.4. The number of aliphatic hydroxyl groups is 1. The lowest BCUT2D eigenvalue weighted by Gasteiger charge is -2.25. The van der Waals surface area contributed by atoms with Gasteiger partial charge in [-0.25, -0.2) is 4.79 Å². The molecule has 2 atom stereocenters. The van der Waals surface area contributed by atoms with Gasteiger partial charge < -0.3 is 20.0 Å². The normalized spacial score (nSPS) is 18.2. The van der Waals surface area contributed by atoms with Gasteiger partial charge in [0.25, 0.3) is 5.91 Å². The summed E-state index contributed by atoms with van der Waals surface area (Å²) in [6.07, 6.45) is 0. The van der Waals surface area contributed by atoms with Crippen molar-refractivity contribution in [1.29, 1.82) is 5.26 Å². The molecule has 0 aromatic heterocycles. The zero-order chi connectivity index (χ0) is 16.4. The van der Waals surface area contributed by atoms with Crippen LogP contribution in [0.25, 0.3) is 0 Å². The Balaban J connectivity index is 2.46. The summed E-state index contributed by atoms with van der Waals surface area (Å²) >= 11 is 0. The molecular formula is C15H17N3O4. The number of rotatable bonds is 5. The number of benzene rings is 1. The summed E-state index contributed by atoms with van der Waals surface area (Å²) in [7, 11) is 3.80. The third kappa shape index (κ3) is 2.66. The predicted octanol–water partition coefficient (Wildman–Crippen LogP) is 0.214. The highest BCUT2D eigenvalue weighted by Gasteiger charge is 2.43. The van der Waals surface area contributed by atoms with Gasteiger partial charge in [-0.05, 0) is 25.7 Å². The van der Waals surface area contributed by atoms with E-state index in [9.17, 15) is 20.0 Å². The molecule has 22 heavy (non-hydrogen) atoms. The van der Waals surface area contributed by atoms with Gasteiger partial charge in [0, 0.05) is 17.7 Å². The number of nitriles is 1. The first kappa shape index (κ1) is 15.9. The lowest BCUT2D eigenvalue weighted by molar-refractivity contribution is -0.144.